The smallest absolute Gasteiger partial charge is 0.229 e. The fourth-order valence-corrected chi connectivity index (χ4v) is 1.61. The van der Waals surface area contributed by atoms with E-state index in [-0.39, 0.29) is 0 Å². The van der Waals surface area contributed by atoms with Crippen LogP contribution in [0.5, 0.6) is 11.5 Å². The third-order valence-corrected chi connectivity index (χ3v) is 2.45. The molecule has 0 saturated heterocycles. The number of anilines is 2. The molecule has 6 nitrogen and oxygen atoms in total. The highest BCUT2D eigenvalue weighted by Crippen LogP contribution is 2.30. The average Bonchev–Trinajstić information content (AvgIpc) is 2.81. The lowest BCUT2D eigenvalue weighted by Crippen LogP contribution is -1.94. The third kappa shape index (κ3) is 2.19. The Bertz CT molecular complexity index is 461. The molecular weight excluding hydrogens is 228 g/mol. The van der Waals surface area contributed by atoms with Gasteiger partial charge in [0.05, 0.1) is 14.2 Å². The molecule has 0 aliphatic carbocycles. The van der Waals surface area contributed by atoms with Gasteiger partial charge in [0.2, 0.25) is 5.13 Å². The number of benzene rings is 1. The summed E-state index contributed by atoms with van der Waals surface area (Å²) in [5, 5.41) is 11.0. The number of rotatable bonds is 4. The molecule has 84 valence electrons. The summed E-state index contributed by atoms with van der Waals surface area (Å²) in [7, 11) is 3.19. The van der Waals surface area contributed by atoms with Gasteiger partial charge >= 0.3 is 0 Å². The lowest BCUT2D eigenvalue weighted by atomic mass is 10.3. The average molecular weight is 238 g/mol. The molecule has 1 aromatic carbocycles. The third-order valence-electron chi connectivity index (χ3n) is 1.93. The zero-order chi connectivity index (χ0) is 11.4. The highest BCUT2D eigenvalue weighted by Gasteiger charge is 2.05. The van der Waals surface area contributed by atoms with E-state index < -0.39 is 0 Å². The molecule has 1 aromatic heterocycles. The zero-order valence-corrected chi connectivity index (χ0v) is 9.61. The molecule has 0 aliphatic heterocycles. The van der Waals surface area contributed by atoms with Crippen molar-refractivity contribution >= 4 is 22.4 Å². The number of hydrogen-bond donors (Lipinski definition) is 1. The monoisotopic (exact) mass is 238 g/mol. The molecule has 0 saturated carbocycles. The molecule has 0 amide bonds. The Morgan fingerprint density at radius 2 is 2.00 bits per heavy atom. The normalized spacial score (nSPS) is 9.88. The molecule has 16 heavy (non-hydrogen) atoms. The fraction of sp³-hybridized carbons (Fsp3) is 0.222. The van der Waals surface area contributed by atoms with Gasteiger partial charge in [0, 0.05) is 23.3 Å². The van der Waals surface area contributed by atoms with Gasteiger partial charge in [-0.15, -0.1) is 0 Å². The van der Waals surface area contributed by atoms with Gasteiger partial charge in [-0.2, -0.15) is 0 Å². The van der Waals surface area contributed by atoms with Crippen molar-refractivity contribution in [3.8, 4) is 11.5 Å². The van der Waals surface area contributed by atoms with Gasteiger partial charge in [0.15, 0.2) is 11.5 Å². The maximum absolute atomic E-state index is 5.18. The predicted octanol–water partition coefficient (Wildman–Crippen LogP) is 1.69. The number of ether oxygens (including phenoxy) is 2. The Hall–Kier alpha value is -1.89. The predicted molar refractivity (Wildman–Crippen MR) is 60.5 cm³/mol. The summed E-state index contributed by atoms with van der Waals surface area (Å²) < 4.78 is 14.0. The van der Waals surface area contributed by atoms with E-state index in [2.05, 4.69) is 20.1 Å². The largest absolute Gasteiger partial charge is 0.493 e. The Morgan fingerprint density at radius 1 is 1.19 bits per heavy atom. The van der Waals surface area contributed by atoms with E-state index in [0.717, 1.165) is 5.69 Å². The Labute approximate surface area is 96.4 Å². The molecule has 2 rings (SSSR count). The highest BCUT2D eigenvalue weighted by molar-refractivity contribution is 7.09. The van der Waals surface area contributed by atoms with Crippen LogP contribution in [0.1, 0.15) is 0 Å². The molecule has 2 aromatic rings. The van der Waals surface area contributed by atoms with E-state index in [1.165, 1.54) is 11.5 Å². The van der Waals surface area contributed by atoms with Crippen molar-refractivity contribution in [2.24, 2.45) is 0 Å². The van der Waals surface area contributed by atoms with Gasteiger partial charge in [-0.1, -0.05) is 9.59 Å². The standard InChI is InChI=1S/C9H10N4O2S/c1-14-7-4-3-6(5-8(7)15-2)10-9-11-12-13-16-9/h3-5H,1-2H3,(H,10,11,13). The fourth-order valence-electron chi connectivity index (χ4n) is 1.22. The van der Waals surface area contributed by atoms with Crippen LogP contribution in [-0.2, 0) is 0 Å². The molecule has 0 aliphatic rings. The molecule has 0 atom stereocenters. The van der Waals surface area contributed by atoms with Crippen molar-refractivity contribution in [2.45, 2.75) is 0 Å². The molecule has 0 spiro atoms. The molecule has 7 heteroatoms. The minimum absolute atomic E-state index is 0.632. The van der Waals surface area contributed by atoms with Gasteiger partial charge < -0.3 is 14.8 Å². The molecule has 0 unspecified atom stereocenters. The van der Waals surface area contributed by atoms with E-state index in [4.69, 9.17) is 9.47 Å². The summed E-state index contributed by atoms with van der Waals surface area (Å²) in [4.78, 5) is 0. The first kappa shape index (κ1) is 10.6. The number of aromatic nitrogens is 3. The van der Waals surface area contributed by atoms with E-state index in [1.54, 1.807) is 14.2 Å². The Balaban J connectivity index is 2.22. The van der Waals surface area contributed by atoms with E-state index in [9.17, 15) is 0 Å². The van der Waals surface area contributed by atoms with Crippen LogP contribution in [0, 0.1) is 0 Å². The summed E-state index contributed by atoms with van der Waals surface area (Å²) in [5.41, 5.74) is 0.844. The molecule has 1 N–H and O–H groups in total. The van der Waals surface area contributed by atoms with Gasteiger partial charge in [-0.05, 0) is 17.3 Å². The topological polar surface area (TPSA) is 69.2 Å². The first-order valence-electron chi connectivity index (χ1n) is 4.47. The summed E-state index contributed by atoms with van der Waals surface area (Å²) in [6.07, 6.45) is 0. The summed E-state index contributed by atoms with van der Waals surface area (Å²) in [5.74, 6) is 1.34. The first-order valence-corrected chi connectivity index (χ1v) is 5.25. The lowest BCUT2D eigenvalue weighted by Gasteiger charge is -2.09. The van der Waals surface area contributed by atoms with Crippen LogP contribution in [-0.4, -0.2) is 29.0 Å². The summed E-state index contributed by atoms with van der Waals surface area (Å²) in [6.45, 7) is 0. The van der Waals surface area contributed by atoms with Gasteiger partial charge in [-0.3, -0.25) is 0 Å². The van der Waals surface area contributed by atoms with Crippen LogP contribution in [0.25, 0.3) is 0 Å². The molecular formula is C9H10N4O2S. The van der Waals surface area contributed by atoms with Crippen LogP contribution >= 0.6 is 11.5 Å². The second-order valence-electron chi connectivity index (χ2n) is 2.86. The zero-order valence-electron chi connectivity index (χ0n) is 8.80. The minimum Gasteiger partial charge on any atom is -0.493 e. The number of hydrogen-bond acceptors (Lipinski definition) is 7. The highest BCUT2D eigenvalue weighted by atomic mass is 32.1. The van der Waals surface area contributed by atoms with Gasteiger partial charge in [0.1, 0.15) is 0 Å². The minimum atomic E-state index is 0.632. The number of nitrogens with one attached hydrogen (secondary N) is 1. The van der Waals surface area contributed by atoms with E-state index in [0.29, 0.717) is 16.6 Å². The second kappa shape index (κ2) is 4.75. The van der Waals surface area contributed by atoms with Crippen molar-refractivity contribution < 1.29 is 9.47 Å². The van der Waals surface area contributed by atoms with Crippen LogP contribution in [0.2, 0.25) is 0 Å². The van der Waals surface area contributed by atoms with Crippen molar-refractivity contribution in [1.82, 2.24) is 14.8 Å². The number of methoxy groups -OCH3 is 2. The maximum atomic E-state index is 5.18. The number of nitrogens with zero attached hydrogens (tertiary/aromatic N) is 3. The van der Waals surface area contributed by atoms with Crippen LogP contribution in [0.4, 0.5) is 10.8 Å². The van der Waals surface area contributed by atoms with E-state index >= 15 is 0 Å². The van der Waals surface area contributed by atoms with Gasteiger partial charge in [-0.25, -0.2) is 0 Å². The molecule has 1 heterocycles. The van der Waals surface area contributed by atoms with Crippen molar-refractivity contribution in [2.75, 3.05) is 19.5 Å². The van der Waals surface area contributed by atoms with Crippen LogP contribution in [0.3, 0.4) is 0 Å². The van der Waals surface area contributed by atoms with Gasteiger partial charge in [0.25, 0.3) is 0 Å². The maximum Gasteiger partial charge on any atom is 0.229 e. The van der Waals surface area contributed by atoms with Crippen molar-refractivity contribution in [3.63, 3.8) is 0 Å². The molecule has 0 radical (unpaired) electrons. The Kier molecular flexibility index (Phi) is 3.16. The lowest BCUT2D eigenvalue weighted by molar-refractivity contribution is 0.355. The summed E-state index contributed by atoms with van der Waals surface area (Å²) in [6, 6.07) is 5.50. The van der Waals surface area contributed by atoms with Crippen LogP contribution < -0.4 is 14.8 Å². The summed E-state index contributed by atoms with van der Waals surface area (Å²) >= 11 is 1.19. The quantitative estimate of drug-likeness (QED) is 0.874. The van der Waals surface area contributed by atoms with Crippen molar-refractivity contribution in [3.05, 3.63) is 18.2 Å². The second-order valence-corrected chi connectivity index (χ2v) is 3.59. The SMILES string of the molecule is COc1ccc(Nc2nnns2)cc1OC. The molecule has 0 bridgehead atoms. The van der Waals surface area contributed by atoms with Crippen molar-refractivity contribution in [1.29, 1.82) is 0 Å². The molecule has 0 fully saturated rings. The van der Waals surface area contributed by atoms with Crippen LogP contribution in [0.15, 0.2) is 18.2 Å². The first-order chi connectivity index (χ1) is 7.83. The van der Waals surface area contributed by atoms with E-state index in [1.807, 2.05) is 18.2 Å². The Morgan fingerprint density at radius 3 is 2.62 bits per heavy atom.